The van der Waals surface area contributed by atoms with E-state index < -0.39 is 23.5 Å². The largest absolute Gasteiger partial charge is 0.321 e. The van der Waals surface area contributed by atoms with Crippen LogP contribution >= 0.6 is 0 Å². The summed E-state index contributed by atoms with van der Waals surface area (Å²) in [4.78, 5) is 11.8. The van der Waals surface area contributed by atoms with Crippen molar-refractivity contribution in [2.24, 2.45) is 11.7 Å². The lowest BCUT2D eigenvalue weighted by atomic mass is 9.92. The third-order valence-electron chi connectivity index (χ3n) is 2.75. The van der Waals surface area contributed by atoms with Crippen molar-refractivity contribution < 1.29 is 13.6 Å². The highest BCUT2D eigenvalue weighted by atomic mass is 19.1. The topological polar surface area (TPSA) is 43.1 Å². The first kappa shape index (κ1) is 12.8. The maximum absolute atomic E-state index is 13.3. The van der Waals surface area contributed by atoms with Crippen LogP contribution in [0.2, 0.25) is 0 Å². The zero-order valence-corrected chi connectivity index (χ0v) is 9.34. The molecule has 1 aromatic rings. The fourth-order valence-corrected chi connectivity index (χ4v) is 1.38. The monoisotopic (exact) mass is 227 g/mol. The van der Waals surface area contributed by atoms with Crippen molar-refractivity contribution in [3.05, 3.63) is 35.4 Å². The van der Waals surface area contributed by atoms with E-state index in [-0.39, 0.29) is 11.5 Å². The second-order valence-corrected chi connectivity index (χ2v) is 3.90. The Bertz CT molecular complexity index is 393. The molecular formula is C12H15F2NO. The van der Waals surface area contributed by atoms with Gasteiger partial charge in [0.05, 0.1) is 11.6 Å². The van der Waals surface area contributed by atoms with E-state index in [1.54, 1.807) is 6.92 Å². The Labute approximate surface area is 93.5 Å². The summed E-state index contributed by atoms with van der Waals surface area (Å²) in [6.45, 7) is 3.69. The number of carbonyl (C=O) groups is 1. The minimum Gasteiger partial charge on any atom is -0.321 e. The molecule has 2 unspecified atom stereocenters. The molecule has 1 rings (SSSR count). The maximum atomic E-state index is 13.3. The van der Waals surface area contributed by atoms with Crippen molar-refractivity contribution in [1.29, 1.82) is 0 Å². The number of hydrogen-bond acceptors (Lipinski definition) is 2. The molecular weight excluding hydrogens is 212 g/mol. The maximum Gasteiger partial charge on any atom is 0.182 e. The molecule has 0 aliphatic carbocycles. The highest BCUT2D eigenvalue weighted by Gasteiger charge is 2.23. The predicted molar refractivity (Wildman–Crippen MR) is 58.1 cm³/mol. The van der Waals surface area contributed by atoms with E-state index in [2.05, 4.69) is 0 Å². The Kier molecular flexibility index (Phi) is 4.12. The molecule has 4 heteroatoms. The molecule has 0 radical (unpaired) electrons. The number of halogens is 2. The van der Waals surface area contributed by atoms with Gasteiger partial charge in [-0.25, -0.2) is 8.78 Å². The van der Waals surface area contributed by atoms with Crippen molar-refractivity contribution in [3.63, 3.8) is 0 Å². The molecule has 2 atom stereocenters. The summed E-state index contributed by atoms with van der Waals surface area (Å²) in [5.41, 5.74) is 5.41. The first-order valence-corrected chi connectivity index (χ1v) is 5.22. The molecule has 2 N–H and O–H groups in total. The van der Waals surface area contributed by atoms with Crippen LogP contribution in [0.25, 0.3) is 0 Å². The van der Waals surface area contributed by atoms with Crippen LogP contribution in [0.5, 0.6) is 0 Å². The van der Waals surface area contributed by atoms with E-state index in [1.165, 1.54) is 0 Å². The standard InChI is InChI=1S/C12H15F2NO/c1-3-7(2)11(15)12(16)9-6-8(13)4-5-10(9)14/h4-7,11H,3,15H2,1-2H3. The zero-order chi connectivity index (χ0) is 12.3. The summed E-state index contributed by atoms with van der Waals surface area (Å²) in [5, 5.41) is 0. The Balaban J connectivity index is 3.00. The molecule has 0 aromatic heterocycles. The SMILES string of the molecule is CCC(C)C(N)C(=O)c1cc(F)ccc1F. The summed E-state index contributed by atoms with van der Waals surface area (Å²) in [7, 11) is 0. The van der Waals surface area contributed by atoms with E-state index in [0.717, 1.165) is 18.2 Å². The van der Waals surface area contributed by atoms with Crippen molar-refractivity contribution in [2.45, 2.75) is 26.3 Å². The van der Waals surface area contributed by atoms with Gasteiger partial charge in [-0.15, -0.1) is 0 Å². The minimum absolute atomic E-state index is 0.0600. The van der Waals surface area contributed by atoms with Crippen LogP contribution in [0, 0.1) is 17.6 Å². The molecule has 2 nitrogen and oxygen atoms in total. The van der Waals surface area contributed by atoms with Gasteiger partial charge in [-0.2, -0.15) is 0 Å². The summed E-state index contributed by atoms with van der Waals surface area (Å²) < 4.78 is 26.2. The number of hydrogen-bond donors (Lipinski definition) is 1. The van der Waals surface area contributed by atoms with Gasteiger partial charge in [0.15, 0.2) is 5.78 Å². The van der Waals surface area contributed by atoms with Crippen LogP contribution in [-0.2, 0) is 0 Å². The summed E-state index contributed by atoms with van der Waals surface area (Å²) in [5.74, 6) is -1.98. The van der Waals surface area contributed by atoms with Crippen LogP contribution in [0.1, 0.15) is 30.6 Å². The molecule has 16 heavy (non-hydrogen) atoms. The number of Topliss-reactive ketones (excluding diaryl/α,β-unsaturated/α-hetero) is 1. The Morgan fingerprint density at radius 2 is 2.06 bits per heavy atom. The summed E-state index contributed by atoms with van der Waals surface area (Å²) in [6.07, 6.45) is 0.712. The molecule has 0 aliphatic heterocycles. The lowest BCUT2D eigenvalue weighted by molar-refractivity contribution is 0.0930. The van der Waals surface area contributed by atoms with E-state index >= 15 is 0 Å². The van der Waals surface area contributed by atoms with Crippen LogP contribution in [0.4, 0.5) is 8.78 Å². The van der Waals surface area contributed by atoms with Crippen molar-refractivity contribution in [1.82, 2.24) is 0 Å². The number of benzene rings is 1. The zero-order valence-electron chi connectivity index (χ0n) is 9.34. The second kappa shape index (κ2) is 5.16. The van der Waals surface area contributed by atoms with Gasteiger partial charge in [0, 0.05) is 0 Å². The van der Waals surface area contributed by atoms with E-state index in [0.29, 0.717) is 6.42 Å². The summed E-state index contributed by atoms with van der Waals surface area (Å²) >= 11 is 0. The third kappa shape index (κ3) is 2.64. The predicted octanol–water partition coefficient (Wildman–Crippen LogP) is 2.52. The molecule has 0 fully saturated rings. The van der Waals surface area contributed by atoms with Crippen molar-refractivity contribution in [3.8, 4) is 0 Å². The second-order valence-electron chi connectivity index (χ2n) is 3.90. The average molecular weight is 227 g/mol. The lowest BCUT2D eigenvalue weighted by Crippen LogP contribution is -2.37. The molecule has 0 amide bonds. The van der Waals surface area contributed by atoms with E-state index in [1.807, 2.05) is 6.92 Å². The molecule has 0 saturated carbocycles. The van der Waals surface area contributed by atoms with Crippen LogP contribution in [0.3, 0.4) is 0 Å². The molecule has 0 bridgehead atoms. The third-order valence-corrected chi connectivity index (χ3v) is 2.75. The van der Waals surface area contributed by atoms with Gasteiger partial charge in [-0.1, -0.05) is 20.3 Å². The van der Waals surface area contributed by atoms with E-state index in [4.69, 9.17) is 5.73 Å². The molecule has 0 heterocycles. The minimum atomic E-state index is -0.790. The van der Waals surface area contributed by atoms with Gasteiger partial charge in [-0.05, 0) is 24.1 Å². The smallest absolute Gasteiger partial charge is 0.182 e. The van der Waals surface area contributed by atoms with Crippen LogP contribution in [-0.4, -0.2) is 11.8 Å². The van der Waals surface area contributed by atoms with Gasteiger partial charge in [0.1, 0.15) is 11.6 Å². The fraction of sp³-hybridized carbons (Fsp3) is 0.417. The van der Waals surface area contributed by atoms with Crippen molar-refractivity contribution >= 4 is 5.78 Å². The van der Waals surface area contributed by atoms with Crippen LogP contribution < -0.4 is 5.73 Å². The number of carbonyl (C=O) groups excluding carboxylic acids is 1. The molecule has 1 aromatic carbocycles. The molecule has 88 valence electrons. The number of ketones is 1. The Morgan fingerprint density at radius 1 is 1.44 bits per heavy atom. The van der Waals surface area contributed by atoms with Gasteiger partial charge < -0.3 is 5.73 Å². The molecule has 0 saturated heterocycles. The van der Waals surface area contributed by atoms with E-state index in [9.17, 15) is 13.6 Å². The highest BCUT2D eigenvalue weighted by molar-refractivity contribution is 6.00. The first-order valence-electron chi connectivity index (χ1n) is 5.22. The number of rotatable bonds is 4. The summed E-state index contributed by atoms with van der Waals surface area (Å²) in [6, 6.07) is 2.01. The molecule has 0 spiro atoms. The fourth-order valence-electron chi connectivity index (χ4n) is 1.38. The average Bonchev–Trinajstić information content (AvgIpc) is 2.29. The van der Waals surface area contributed by atoms with Crippen molar-refractivity contribution in [2.75, 3.05) is 0 Å². The lowest BCUT2D eigenvalue weighted by Gasteiger charge is -2.17. The van der Waals surface area contributed by atoms with Gasteiger partial charge in [-0.3, -0.25) is 4.79 Å². The Morgan fingerprint density at radius 3 is 2.62 bits per heavy atom. The van der Waals surface area contributed by atoms with Crippen LogP contribution in [0.15, 0.2) is 18.2 Å². The van der Waals surface area contributed by atoms with Gasteiger partial charge in [0.25, 0.3) is 0 Å². The normalized spacial score (nSPS) is 14.6. The molecule has 0 aliphatic rings. The quantitative estimate of drug-likeness (QED) is 0.803. The van der Waals surface area contributed by atoms with Gasteiger partial charge in [0.2, 0.25) is 0 Å². The highest BCUT2D eigenvalue weighted by Crippen LogP contribution is 2.15. The van der Waals surface area contributed by atoms with Gasteiger partial charge >= 0.3 is 0 Å². The number of nitrogens with two attached hydrogens (primary N) is 1. The Hall–Kier alpha value is -1.29. The first-order chi connectivity index (χ1) is 7.47.